The third-order valence-corrected chi connectivity index (χ3v) is 3.26. The molecule has 0 bridgehead atoms. The molecule has 6 heteroatoms. The Kier molecular flexibility index (Phi) is 4.24. The number of benzene rings is 1. The molecule has 4 nitrogen and oxygen atoms in total. The number of amides is 2. The van der Waals surface area contributed by atoms with Gasteiger partial charge in [0, 0.05) is 6.20 Å². The van der Waals surface area contributed by atoms with E-state index in [1.54, 1.807) is 30.5 Å². The van der Waals surface area contributed by atoms with Gasteiger partial charge in [0.05, 0.1) is 15.7 Å². The Morgan fingerprint density at radius 1 is 1.16 bits per heavy atom. The van der Waals surface area contributed by atoms with E-state index >= 15 is 0 Å². The fraction of sp³-hybridized carbons (Fsp3) is 0.0769. The normalized spacial score (nSPS) is 10.1. The van der Waals surface area contributed by atoms with Gasteiger partial charge >= 0.3 is 6.03 Å². The van der Waals surface area contributed by atoms with Crippen LogP contribution in [0.3, 0.4) is 0 Å². The van der Waals surface area contributed by atoms with E-state index in [9.17, 15) is 4.79 Å². The summed E-state index contributed by atoms with van der Waals surface area (Å²) in [5.74, 6) is 0.498. The number of urea groups is 1. The monoisotopic (exact) mass is 295 g/mol. The van der Waals surface area contributed by atoms with Gasteiger partial charge in [-0.3, -0.25) is 5.32 Å². The molecule has 0 radical (unpaired) electrons. The highest BCUT2D eigenvalue weighted by Crippen LogP contribution is 2.29. The first-order chi connectivity index (χ1) is 9.08. The minimum absolute atomic E-state index is 0.303. The van der Waals surface area contributed by atoms with Gasteiger partial charge in [-0.1, -0.05) is 35.3 Å². The highest BCUT2D eigenvalue weighted by Gasteiger charge is 2.09. The SMILES string of the molecule is Cc1cccnc1NC(=O)Nc1cccc(Cl)c1Cl. The number of aryl methyl sites for hydroxylation is 1. The van der Waals surface area contributed by atoms with Gasteiger partial charge in [-0.25, -0.2) is 9.78 Å². The van der Waals surface area contributed by atoms with Crippen molar-refractivity contribution in [2.24, 2.45) is 0 Å². The van der Waals surface area contributed by atoms with Crippen molar-refractivity contribution in [3.8, 4) is 0 Å². The molecule has 0 saturated heterocycles. The molecule has 2 amide bonds. The van der Waals surface area contributed by atoms with E-state index in [0.717, 1.165) is 5.56 Å². The fourth-order valence-corrected chi connectivity index (χ4v) is 1.83. The number of nitrogens with zero attached hydrogens (tertiary/aromatic N) is 1. The van der Waals surface area contributed by atoms with Crippen LogP contribution in [0.5, 0.6) is 0 Å². The van der Waals surface area contributed by atoms with Gasteiger partial charge in [-0.15, -0.1) is 0 Å². The molecular weight excluding hydrogens is 285 g/mol. The molecule has 0 spiro atoms. The van der Waals surface area contributed by atoms with Crippen LogP contribution in [-0.2, 0) is 0 Å². The van der Waals surface area contributed by atoms with E-state index in [-0.39, 0.29) is 0 Å². The van der Waals surface area contributed by atoms with Gasteiger partial charge in [-0.2, -0.15) is 0 Å². The third kappa shape index (κ3) is 3.36. The zero-order valence-electron chi connectivity index (χ0n) is 10.1. The molecule has 2 aromatic rings. The van der Waals surface area contributed by atoms with Crippen LogP contribution in [0, 0.1) is 6.92 Å². The molecule has 1 aromatic heterocycles. The summed E-state index contributed by atoms with van der Waals surface area (Å²) < 4.78 is 0. The minimum atomic E-state index is -0.425. The average molecular weight is 296 g/mol. The number of nitrogens with one attached hydrogen (secondary N) is 2. The van der Waals surface area contributed by atoms with Crippen molar-refractivity contribution >= 4 is 40.7 Å². The van der Waals surface area contributed by atoms with Crippen molar-refractivity contribution < 1.29 is 4.79 Å². The number of anilines is 2. The van der Waals surface area contributed by atoms with Crippen LogP contribution in [0.4, 0.5) is 16.3 Å². The van der Waals surface area contributed by atoms with Crippen molar-refractivity contribution in [3.63, 3.8) is 0 Å². The van der Waals surface area contributed by atoms with Crippen LogP contribution in [0.25, 0.3) is 0 Å². The maximum absolute atomic E-state index is 11.8. The van der Waals surface area contributed by atoms with E-state index in [1.165, 1.54) is 0 Å². The van der Waals surface area contributed by atoms with Crippen LogP contribution < -0.4 is 10.6 Å². The van der Waals surface area contributed by atoms with Crippen LogP contribution in [0.2, 0.25) is 10.0 Å². The molecule has 0 atom stereocenters. The number of hydrogen-bond donors (Lipinski definition) is 2. The second-order valence-corrected chi connectivity index (χ2v) is 4.63. The summed E-state index contributed by atoms with van der Waals surface area (Å²) in [7, 11) is 0. The lowest BCUT2D eigenvalue weighted by Crippen LogP contribution is -2.20. The van der Waals surface area contributed by atoms with E-state index in [0.29, 0.717) is 21.6 Å². The van der Waals surface area contributed by atoms with E-state index < -0.39 is 6.03 Å². The number of aromatic nitrogens is 1. The predicted octanol–water partition coefficient (Wildman–Crippen LogP) is 4.34. The highest BCUT2D eigenvalue weighted by atomic mass is 35.5. The molecule has 0 aliphatic rings. The second kappa shape index (κ2) is 5.91. The van der Waals surface area contributed by atoms with E-state index in [4.69, 9.17) is 23.2 Å². The summed E-state index contributed by atoms with van der Waals surface area (Å²) >= 11 is 11.8. The van der Waals surface area contributed by atoms with Gasteiger partial charge in [0.25, 0.3) is 0 Å². The Morgan fingerprint density at radius 2 is 1.95 bits per heavy atom. The lowest BCUT2D eigenvalue weighted by Gasteiger charge is -2.10. The van der Waals surface area contributed by atoms with Crippen LogP contribution in [0.1, 0.15) is 5.56 Å². The number of pyridine rings is 1. The third-order valence-electron chi connectivity index (χ3n) is 2.44. The molecule has 0 saturated carbocycles. The fourth-order valence-electron chi connectivity index (χ4n) is 1.48. The standard InChI is InChI=1S/C13H11Cl2N3O/c1-8-4-3-7-16-12(8)18-13(19)17-10-6-2-5-9(14)11(10)15/h2-7H,1H3,(H2,16,17,18,19). The maximum atomic E-state index is 11.8. The molecule has 1 aromatic carbocycles. The van der Waals surface area contributed by atoms with Gasteiger partial charge < -0.3 is 5.32 Å². The van der Waals surface area contributed by atoms with Gasteiger partial charge in [-0.05, 0) is 30.7 Å². The lowest BCUT2D eigenvalue weighted by atomic mass is 10.3. The maximum Gasteiger partial charge on any atom is 0.324 e. The van der Waals surface area contributed by atoms with Crippen LogP contribution >= 0.6 is 23.2 Å². The Hall–Kier alpha value is -1.78. The molecular formula is C13H11Cl2N3O. The molecule has 19 heavy (non-hydrogen) atoms. The van der Waals surface area contributed by atoms with Crippen molar-refractivity contribution in [1.82, 2.24) is 4.98 Å². The minimum Gasteiger partial charge on any atom is -0.306 e. The Balaban J connectivity index is 2.10. The molecule has 2 rings (SSSR count). The van der Waals surface area contributed by atoms with Gasteiger partial charge in [0.2, 0.25) is 0 Å². The molecule has 0 unspecified atom stereocenters. The number of carbonyl (C=O) groups is 1. The first-order valence-corrected chi connectivity index (χ1v) is 6.27. The average Bonchev–Trinajstić information content (AvgIpc) is 2.38. The van der Waals surface area contributed by atoms with E-state index in [2.05, 4.69) is 15.6 Å². The second-order valence-electron chi connectivity index (χ2n) is 3.85. The Morgan fingerprint density at radius 3 is 2.68 bits per heavy atom. The molecule has 2 N–H and O–H groups in total. The summed E-state index contributed by atoms with van der Waals surface area (Å²) in [6, 6.07) is 8.25. The summed E-state index contributed by atoms with van der Waals surface area (Å²) in [5.41, 5.74) is 1.31. The molecule has 98 valence electrons. The molecule has 0 aliphatic heterocycles. The number of rotatable bonds is 2. The summed E-state index contributed by atoms with van der Waals surface area (Å²) in [4.78, 5) is 15.9. The quantitative estimate of drug-likeness (QED) is 0.866. The van der Waals surface area contributed by atoms with Crippen molar-refractivity contribution in [1.29, 1.82) is 0 Å². The number of carbonyl (C=O) groups excluding carboxylic acids is 1. The Bertz CT molecular complexity index is 617. The Labute approximate surface area is 120 Å². The highest BCUT2D eigenvalue weighted by molar-refractivity contribution is 6.44. The van der Waals surface area contributed by atoms with E-state index in [1.807, 2.05) is 13.0 Å². The van der Waals surface area contributed by atoms with Crippen molar-refractivity contribution in [2.45, 2.75) is 6.92 Å². The summed E-state index contributed by atoms with van der Waals surface area (Å²) in [6.45, 7) is 1.86. The first kappa shape index (κ1) is 13.6. The predicted molar refractivity (Wildman–Crippen MR) is 78.1 cm³/mol. The zero-order valence-corrected chi connectivity index (χ0v) is 11.6. The number of hydrogen-bond acceptors (Lipinski definition) is 2. The summed E-state index contributed by atoms with van der Waals surface area (Å²) in [5, 5.41) is 5.95. The van der Waals surface area contributed by atoms with Crippen LogP contribution in [-0.4, -0.2) is 11.0 Å². The van der Waals surface area contributed by atoms with Gasteiger partial charge in [0.1, 0.15) is 5.82 Å². The molecule has 1 heterocycles. The van der Waals surface area contributed by atoms with Crippen LogP contribution in [0.15, 0.2) is 36.5 Å². The number of halogens is 2. The van der Waals surface area contributed by atoms with Crippen molar-refractivity contribution in [2.75, 3.05) is 10.6 Å². The van der Waals surface area contributed by atoms with Crippen molar-refractivity contribution in [3.05, 3.63) is 52.1 Å². The topological polar surface area (TPSA) is 54.0 Å². The summed E-state index contributed by atoms with van der Waals surface area (Å²) in [6.07, 6.45) is 1.61. The van der Waals surface area contributed by atoms with Gasteiger partial charge in [0.15, 0.2) is 0 Å². The zero-order chi connectivity index (χ0) is 13.8. The largest absolute Gasteiger partial charge is 0.324 e. The first-order valence-electron chi connectivity index (χ1n) is 5.51. The lowest BCUT2D eigenvalue weighted by molar-refractivity contribution is 0.262. The molecule has 0 aliphatic carbocycles. The molecule has 0 fully saturated rings. The smallest absolute Gasteiger partial charge is 0.306 e.